The van der Waals surface area contributed by atoms with Crippen molar-refractivity contribution in [1.29, 1.82) is 0 Å². The van der Waals surface area contributed by atoms with E-state index in [2.05, 4.69) is 37.2 Å². The Bertz CT molecular complexity index is 2050. The third-order valence-corrected chi connectivity index (χ3v) is 10.8. The summed E-state index contributed by atoms with van der Waals surface area (Å²) in [5.74, 6) is -4.33. The van der Waals surface area contributed by atoms with Crippen molar-refractivity contribution in [1.82, 2.24) is 36.8 Å². The molecule has 6 atom stereocenters. The monoisotopic (exact) mass is 873 g/mol. The van der Waals surface area contributed by atoms with Gasteiger partial charge in [-0.3, -0.25) is 43.2 Å². The molecule has 1 aliphatic carbocycles. The van der Waals surface area contributed by atoms with Crippen LogP contribution in [0.5, 0.6) is 0 Å². The molecule has 0 aromatic heterocycles. The second kappa shape index (κ2) is 22.8. The number of anilines is 1. The number of nitrogens with one attached hydrogen (secondary N) is 7. The minimum atomic E-state index is -1.11. The van der Waals surface area contributed by atoms with Crippen LogP contribution in [0.1, 0.15) is 112 Å². The molecule has 18 heteroatoms. The summed E-state index contributed by atoms with van der Waals surface area (Å²) in [5.41, 5.74) is 7.45. The maximum atomic E-state index is 14.0. The number of amides is 7. The largest absolute Gasteiger partial charge is 0.384 e. The van der Waals surface area contributed by atoms with E-state index >= 15 is 0 Å². The highest BCUT2D eigenvalue weighted by Gasteiger charge is 2.38. The van der Waals surface area contributed by atoms with Gasteiger partial charge in [-0.25, -0.2) is 0 Å². The fourth-order valence-corrected chi connectivity index (χ4v) is 7.48. The Labute approximate surface area is 368 Å². The first-order valence-electron chi connectivity index (χ1n) is 21.7. The Morgan fingerprint density at radius 2 is 1.27 bits per heavy atom. The molecule has 2 aliphatic rings. The molecule has 2 aromatic carbocycles. The zero-order valence-corrected chi connectivity index (χ0v) is 37.2. The van der Waals surface area contributed by atoms with Gasteiger partial charge in [0.2, 0.25) is 41.4 Å². The van der Waals surface area contributed by atoms with Gasteiger partial charge in [0.1, 0.15) is 30.2 Å². The number of carbonyl (C=O) groups excluding carboxylic acids is 9. The van der Waals surface area contributed by atoms with Crippen molar-refractivity contribution in [3.05, 3.63) is 64.7 Å². The van der Waals surface area contributed by atoms with Crippen LogP contribution in [-0.2, 0) is 33.6 Å². The topological polar surface area (TPSA) is 267 Å². The minimum absolute atomic E-state index is 0.0143. The number of nitrogens with zero attached hydrogens (tertiary/aromatic N) is 1. The smallest absolute Gasteiger partial charge is 0.245 e. The maximum absolute atomic E-state index is 14.0. The van der Waals surface area contributed by atoms with Crippen molar-refractivity contribution in [2.75, 3.05) is 31.5 Å². The van der Waals surface area contributed by atoms with Crippen molar-refractivity contribution in [2.45, 2.75) is 117 Å². The van der Waals surface area contributed by atoms with Gasteiger partial charge in [-0.1, -0.05) is 64.1 Å². The predicted molar refractivity (Wildman–Crippen MR) is 235 cm³/mol. The summed E-state index contributed by atoms with van der Waals surface area (Å²) >= 11 is 0. The molecule has 7 amide bonds. The van der Waals surface area contributed by atoms with E-state index in [1.165, 1.54) is 25.7 Å². The molecule has 1 fully saturated rings. The Balaban J connectivity index is 1.29. The number of nitrogens with two attached hydrogens (primary N) is 1. The average molecular weight is 874 g/mol. The highest BCUT2D eigenvalue weighted by Crippen LogP contribution is 2.32. The Morgan fingerprint density at radius 3 is 1.92 bits per heavy atom. The second-order valence-electron chi connectivity index (χ2n) is 17.1. The summed E-state index contributed by atoms with van der Waals surface area (Å²) in [5, 5.41) is 19.0. The molecule has 342 valence electrons. The summed E-state index contributed by atoms with van der Waals surface area (Å²) < 4.78 is 0. The van der Waals surface area contributed by atoms with Crippen LogP contribution in [0.4, 0.5) is 5.69 Å². The van der Waals surface area contributed by atoms with Crippen LogP contribution in [0, 0.1) is 11.8 Å². The second-order valence-corrected chi connectivity index (χ2v) is 17.1. The average Bonchev–Trinajstić information content (AvgIpc) is 3.73. The van der Waals surface area contributed by atoms with Crippen LogP contribution in [-0.4, -0.2) is 120 Å². The zero-order valence-electron chi connectivity index (χ0n) is 37.2. The fraction of sp³-hybridized carbons (Fsp3) is 0.533. The fourth-order valence-electron chi connectivity index (χ4n) is 7.48. The molecule has 4 rings (SSSR count). The quantitative estimate of drug-likeness (QED) is 0.0698. The van der Waals surface area contributed by atoms with E-state index in [0.717, 1.165) is 0 Å². The molecule has 0 radical (unpaired) electrons. The number of hydrogen-bond donors (Lipinski definition) is 8. The molecule has 2 aromatic rings. The van der Waals surface area contributed by atoms with Gasteiger partial charge < -0.3 is 47.9 Å². The highest BCUT2D eigenvalue weighted by molar-refractivity contribution is 6.30. The lowest BCUT2D eigenvalue weighted by Gasteiger charge is -2.30. The lowest BCUT2D eigenvalue weighted by atomic mass is 9.83. The van der Waals surface area contributed by atoms with Crippen LogP contribution in [0.2, 0.25) is 0 Å². The molecule has 0 unspecified atom stereocenters. The van der Waals surface area contributed by atoms with Gasteiger partial charge in [-0.05, 0) is 70.8 Å². The lowest BCUT2D eigenvalue weighted by Crippen LogP contribution is -2.58. The van der Waals surface area contributed by atoms with E-state index in [-0.39, 0.29) is 48.7 Å². The Morgan fingerprint density at radius 1 is 0.667 bits per heavy atom. The van der Waals surface area contributed by atoms with Crippen molar-refractivity contribution in [3.63, 3.8) is 0 Å². The molecule has 18 nitrogen and oxygen atoms in total. The lowest BCUT2D eigenvalue weighted by molar-refractivity contribution is -0.142. The van der Waals surface area contributed by atoms with Gasteiger partial charge in [0.15, 0.2) is 11.6 Å². The molecule has 63 heavy (non-hydrogen) atoms. The number of ketones is 2. The number of rotatable bonds is 21. The summed E-state index contributed by atoms with van der Waals surface area (Å²) in [6.07, 6.45) is 2.00. The van der Waals surface area contributed by atoms with Crippen LogP contribution in [0.25, 0.3) is 0 Å². The highest BCUT2D eigenvalue weighted by atomic mass is 16.2. The third kappa shape index (κ3) is 13.4. The molecular formula is C45H63N9O9. The third-order valence-electron chi connectivity index (χ3n) is 10.8. The molecule has 1 aliphatic heterocycles. The van der Waals surface area contributed by atoms with Gasteiger partial charge in [0, 0.05) is 42.0 Å². The van der Waals surface area contributed by atoms with E-state index in [1.54, 1.807) is 42.5 Å². The van der Waals surface area contributed by atoms with Crippen LogP contribution in [0.15, 0.2) is 42.5 Å². The molecule has 1 heterocycles. The van der Waals surface area contributed by atoms with E-state index in [4.69, 9.17) is 5.73 Å². The van der Waals surface area contributed by atoms with Gasteiger partial charge in [-0.2, -0.15) is 0 Å². The van der Waals surface area contributed by atoms with Gasteiger partial charge >= 0.3 is 0 Å². The van der Waals surface area contributed by atoms with Gasteiger partial charge in [0.25, 0.3) is 0 Å². The SMILES string of the molecule is CC(C)C[C@H](NC(=O)CNC(=O)[C@H](C)NC(=O)[C@H](C)N)C(=O)N[C@@H](C)C(=O)N[C@@H](CC(C)C)C(=O)N1CCC[C@H]1C(=O)NCCCNc1cccc2c1C(=O)c1ccccc1C2=O. The van der Waals surface area contributed by atoms with Crippen LogP contribution in [0.3, 0.4) is 0 Å². The van der Waals surface area contributed by atoms with E-state index in [1.807, 2.05) is 27.7 Å². The molecule has 0 saturated carbocycles. The minimum Gasteiger partial charge on any atom is -0.384 e. The first-order valence-corrected chi connectivity index (χ1v) is 21.7. The summed E-state index contributed by atoms with van der Waals surface area (Å²) in [4.78, 5) is 119. The summed E-state index contributed by atoms with van der Waals surface area (Å²) in [7, 11) is 0. The first kappa shape index (κ1) is 49.5. The Kier molecular flexibility index (Phi) is 17.9. The predicted octanol–water partition coefficient (Wildman–Crippen LogP) is 0.906. The maximum Gasteiger partial charge on any atom is 0.245 e. The van der Waals surface area contributed by atoms with Crippen molar-refractivity contribution >= 4 is 58.6 Å². The number of carbonyl (C=O) groups is 9. The van der Waals surface area contributed by atoms with Crippen molar-refractivity contribution < 1.29 is 43.2 Å². The molecular weight excluding hydrogens is 811 g/mol. The van der Waals surface area contributed by atoms with E-state index in [9.17, 15) is 43.2 Å². The number of likely N-dealkylation sites (tertiary alicyclic amines) is 1. The molecule has 9 N–H and O–H groups in total. The van der Waals surface area contributed by atoms with Gasteiger partial charge in [-0.15, -0.1) is 0 Å². The number of fused-ring (bicyclic) bond motifs is 2. The Hall–Kier alpha value is -6.17. The molecule has 0 bridgehead atoms. The zero-order chi connectivity index (χ0) is 46.5. The first-order chi connectivity index (χ1) is 29.8. The standard InChI is InChI=1S/C45H63N9O9/c1-24(2)21-33(52-36(55)23-49-41(59)27(6)50-40(58)26(5)46)43(61)51-28(7)42(60)53-34(22-25(3)4)45(63)54-20-11-17-35(54)44(62)48-19-12-18-47-32-16-10-15-31-37(32)39(57)30-14-9-8-13-29(30)38(31)56/h8-10,13-16,24-28,33-35,47H,11-12,17-23,46H2,1-7H3,(H,48,62)(H,49,59)(H,50,58)(H,51,61)(H,52,55)(H,53,60)/t26-,27-,28-,33-,34-,35-/m0/s1. The van der Waals surface area contributed by atoms with Crippen molar-refractivity contribution in [2.24, 2.45) is 17.6 Å². The van der Waals surface area contributed by atoms with Crippen molar-refractivity contribution in [3.8, 4) is 0 Å². The summed E-state index contributed by atoms with van der Waals surface area (Å²) in [6, 6.07) is 6.16. The molecule has 0 spiro atoms. The van der Waals surface area contributed by atoms with Crippen LogP contribution < -0.4 is 43.0 Å². The van der Waals surface area contributed by atoms with E-state index < -0.39 is 78.2 Å². The number of benzene rings is 2. The normalized spacial score (nSPS) is 16.7. The van der Waals surface area contributed by atoms with Crippen LogP contribution >= 0.6 is 0 Å². The summed E-state index contributed by atoms with van der Waals surface area (Å²) in [6.45, 7) is 12.4. The number of hydrogen-bond acceptors (Lipinski definition) is 11. The molecule has 1 saturated heterocycles. The van der Waals surface area contributed by atoms with Gasteiger partial charge in [0.05, 0.1) is 18.2 Å². The van der Waals surface area contributed by atoms with E-state index in [0.29, 0.717) is 60.3 Å².